The number of anilines is 1. The lowest BCUT2D eigenvalue weighted by Gasteiger charge is -2.25. The first-order chi connectivity index (χ1) is 18.6. The number of carbonyl (C=O) groups is 2. The standard InChI is InChI=1S/C29H28N4O3S2/c1-36-23-11-9-22(10-12-23)33-29-26(27(30-33)20-7-3-2-4-8-20)28(21-13-16-37-18-21)38-19-25(35)32(29)17-24(34)31-14-5-6-15-31/h2-4,7-13,16,18,28H,5-6,14-15,17,19H2,1H3. The van der Waals surface area contributed by atoms with Crippen LogP contribution >= 0.6 is 23.1 Å². The fourth-order valence-electron chi connectivity index (χ4n) is 5.12. The number of nitrogens with zero attached hydrogens (tertiary/aromatic N) is 4. The van der Waals surface area contributed by atoms with Gasteiger partial charge < -0.3 is 9.64 Å². The lowest BCUT2D eigenvalue weighted by molar-refractivity contribution is -0.130. The number of thiophene rings is 1. The van der Waals surface area contributed by atoms with Gasteiger partial charge >= 0.3 is 0 Å². The third-order valence-corrected chi connectivity index (χ3v) is 9.01. The van der Waals surface area contributed by atoms with Gasteiger partial charge in [0, 0.05) is 24.2 Å². The molecule has 0 spiro atoms. The van der Waals surface area contributed by atoms with Gasteiger partial charge in [0.25, 0.3) is 0 Å². The molecule has 2 aliphatic heterocycles. The monoisotopic (exact) mass is 544 g/mol. The van der Waals surface area contributed by atoms with Gasteiger partial charge in [0.2, 0.25) is 11.8 Å². The van der Waals surface area contributed by atoms with Crippen molar-refractivity contribution in [3.05, 3.63) is 82.6 Å². The summed E-state index contributed by atoms with van der Waals surface area (Å²) in [6.07, 6.45) is 2.01. The van der Waals surface area contributed by atoms with Gasteiger partial charge in [-0.3, -0.25) is 14.5 Å². The van der Waals surface area contributed by atoms with Crippen molar-refractivity contribution in [2.45, 2.75) is 18.1 Å². The topological polar surface area (TPSA) is 67.7 Å². The van der Waals surface area contributed by atoms with Crippen molar-refractivity contribution in [3.63, 3.8) is 0 Å². The molecular weight excluding hydrogens is 516 g/mol. The number of methoxy groups -OCH3 is 1. The Balaban J connectivity index is 1.58. The molecule has 4 aromatic rings. The summed E-state index contributed by atoms with van der Waals surface area (Å²) in [5, 5.41) is 9.22. The first-order valence-corrected chi connectivity index (χ1v) is 14.7. The molecule has 1 unspecified atom stereocenters. The minimum Gasteiger partial charge on any atom is -0.497 e. The molecule has 0 radical (unpaired) electrons. The Morgan fingerprint density at radius 2 is 1.82 bits per heavy atom. The van der Waals surface area contributed by atoms with Crippen molar-refractivity contribution in [2.75, 3.05) is 37.4 Å². The van der Waals surface area contributed by atoms with Crippen LogP contribution in [0.5, 0.6) is 5.75 Å². The summed E-state index contributed by atoms with van der Waals surface area (Å²) in [7, 11) is 1.63. The number of likely N-dealkylation sites (tertiary alicyclic amines) is 1. The van der Waals surface area contributed by atoms with Gasteiger partial charge in [0.15, 0.2) is 0 Å². The van der Waals surface area contributed by atoms with E-state index in [9.17, 15) is 9.59 Å². The maximum absolute atomic E-state index is 13.7. The van der Waals surface area contributed by atoms with Crippen molar-refractivity contribution < 1.29 is 14.3 Å². The Morgan fingerprint density at radius 1 is 1.05 bits per heavy atom. The van der Waals surface area contributed by atoms with Crippen molar-refractivity contribution in [1.29, 1.82) is 0 Å². The van der Waals surface area contributed by atoms with Gasteiger partial charge in [0.1, 0.15) is 18.1 Å². The second-order valence-electron chi connectivity index (χ2n) is 9.38. The maximum atomic E-state index is 13.7. The normalized spacial score (nSPS) is 17.4. The highest BCUT2D eigenvalue weighted by molar-refractivity contribution is 8.00. The number of aromatic nitrogens is 2. The first-order valence-electron chi connectivity index (χ1n) is 12.7. The van der Waals surface area contributed by atoms with E-state index < -0.39 is 0 Å². The number of hydrogen-bond donors (Lipinski definition) is 0. The average Bonchev–Trinajstić information content (AvgIpc) is 3.73. The lowest BCUT2D eigenvalue weighted by Crippen LogP contribution is -2.43. The minimum atomic E-state index is -0.103. The van der Waals surface area contributed by atoms with Gasteiger partial charge in [-0.25, -0.2) is 4.68 Å². The number of thioether (sulfide) groups is 1. The van der Waals surface area contributed by atoms with Crippen LogP contribution in [0.15, 0.2) is 71.4 Å². The zero-order chi connectivity index (χ0) is 26.1. The molecule has 9 heteroatoms. The van der Waals surface area contributed by atoms with E-state index in [4.69, 9.17) is 9.84 Å². The molecule has 4 heterocycles. The predicted octanol–water partition coefficient (Wildman–Crippen LogP) is 5.40. The van der Waals surface area contributed by atoms with Crippen LogP contribution in [-0.4, -0.2) is 59.0 Å². The highest BCUT2D eigenvalue weighted by Crippen LogP contribution is 2.49. The molecule has 0 N–H and O–H groups in total. The van der Waals surface area contributed by atoms with Crippen LogP contribution in [0.1, 0.15) is 29.2 Å². The van der Waals surface area contributed by atoms with Gasteiger partial charge in [-0.15, -0.1) is 11.8 Å². The van der Waals surface area contributed by atoms with Gasteiger partial charge in [-0.1, -0.05) is 30.3 Å². The third-order valence-electron chi connectivity index (χ3n) is 7.05. The molecule has 1 atom stereocenters. The average molecular weight is 545 g/mol. The van der Waals surface area contributed by atoms with Crippen LogP contribution in [0.2, 0.25) is 0 Å². The molecule has 0 aliphatic carbocycles. The number of hydrogen-bond acceptors (Lipinski definition) is 6. The van der Waals surface area contributed by atoms with E-state index in [0.717, 1.165) is 59.8 Å². The zero-order valence-corrected chi connectivity index (χ0v) is 22.7. The van der Waals surface area contributed by atoms with Crippen LogP contribution in [-0.2, 0) is 9.59 Å². The van der Waals surface area contributed by atoms with Crippen molar-refractivity contribution in [1.82, 2.24) is 14.7 Å². The summed E-state index contributed by atoms with van der Waals surface area (Å²) in [5.74, 6) is 1.56. The van der Waals surface area contributed by atoms with E-state index in [1.807, 2.05) is 64.2 Å². The Labute approximate surface area is 230 Å². The van der Waals surface area contributed by atoms with Crippen LogP contribution in [0.25, 0.3) is 16.9 Å². The first kappa shape index (κ1) is 24.8. The van der Waals surface area contributed by atoms with Gasteiger partial charge in [0.05, 0.1) is 29.5 Å². The van der Waals surface area contributed by atoms with Crippen LogP contribution in [0.3, 0.4) is 0 Å². The maximum Gasteiger partial charge on any atom is 0.242 e. The molecule has 2 aromatic carbocycles. The minimum absolute atomic E-state index is 0.00116. The molecule has 0 saturated carbocycles. The highest BCUT2D eigenvalue weighted by atomic mass is 32.2. The number of fused-ring (bicyclic) bond motifs is 1. The molecule has 38 heavy (non-hydrogen) atoms. The Bertz CT molecular complexity index is 1430. The molecule has 0 bridgehead atoms. The van der Waals surface area contributed by atoms with Crippen molar-refractivity contribution in [2.24, 2.45) is 0 Å². The molecule has 1 fully saturated rings. The summed E-state index contributed by atoms with van der Waals surface area (Å²) in [4.78, 5) is 30.7. The van der Waals surface area contributed by atoms with Crippen molar-refractivity contribution in [3.8, 4) is 22.7 Å². The largest absolute Gasteiger partial charge is 0.497 e. The number of rotatable bonds is 6. The van der Waals surface area contributed by atoms with Crippen LogP contribution in [0.4, 0.5) is 5.82 Å². The molecule has 7 nitrogen and oxygen atoms in total. The van der Waals surface area contributed by atoms with Crippen LogP contribution < -0.4 is 9.64 Å². The number of ether oxygens (including phenoxy) is 1. The lowest BCUT2D eigenvalue weighted by atomic mass is 10.0. The molecule has 2 aliphatic rings. The van der Waals surface area contributed by atoms with E-state index in [0.29, 0.717) is 5.82 Å². The molecule has 194 valence electrons. The Morgan fingerprint density at radius 3 is 2.50 bits per heavy atom. The Kier molecular flexibility index (Phi) is 6.95. The van der Waals surface area contributed by atoms with Gasteiger partial charge in [-0.05, 0) is 59.5 Å². The number of amides is 2. The predicted molar refractivity (Wildman–Crippen MR) is 152 cm³/mol. The SMILES string of the molecule is COc1ccc(-n2nc(-c3ccccc3)c3c2N(CC(=O)N2CCCC2)C(=O)CSC3c2ccsc2)cc1. The summed E-state index contributed by atoms with van der Waals surface area (Å²) < 4.78 is 7.21. The Hall–Kier alpha value is -3.56. The summed E-state index contributed by atoms with van der Waals surface area (Å²) in [6.45, 7) is 1.48. The second kappa shape index (κ2) is 10.7. The quantitative estimate of drug-likeness (QED) is 0.325. The zero-order valence-electron chi connectivity index (χ0n) is 21.1. The summed E-state index contributed by atoms with van der Waals surface area (Å²) in [5.41, 5.74) is 4.67. The van der Waals surface area contributed by atoms with Crippen molar-refractivity contribution >= 4 is 40.7 Å². The van der Waals surface area contributed by atoms with E-state index in [2.05, 4.69) is 16.8 Å². The van der Waals surface area contributed by atoms with E-state index >= 15 is 0 Å². The third kappa shape index (κ3) is 4.61. The smallest absolute Gasteiger partial charge is 0.242 e. The number of carbonyl (C=O) groups excluding carboxylic acids is 2. The van der Waals surface area contributed by atoms with Gasteiger partial charge in [-0.2, -0.15) is 16.4 Å². The van der Waals surface area contributed by atoms with E-state index in [1.54, 1.807) is 35.1 Å². The molecular formula is C29H28N4O3S2. The summed E-state index contributed by atoms with van der Waals surface area (Å²) in [6, 6.07) is 19.8. The van der Waals surface area contributed by atoms with E-state index in [1.165, 1.54) is 0 Å². The van der Waals surface area contributed by atoms with E-state index in [-0.39, 0.29) is 29.4 Å². The summed E-state index contributed by atoms with van der Waals surface area (Å²) >= 11 is 3.24. The molecule has 6 rings (SSSR count). The molecule has 2 amide bonds. The van der Waals surface area contributed by atoms with Crippen LogP contribution in [0, 0.1) is 0 Å². The highest BCUT2D eigenvalue weighted by Gasteiger charge is 2.38. The molecule has 2 aromatic heterocycles. The fourth-order valence-corrected chi connectivity index (χ4v) is 7.08. The number of benzene rings is 2. The second-order valence-corrected chi connectivity index (χ2v) is 11.3. The fraction of sp³-hybridized carbons (Fsp3) is 0.276. The molecule has 1 saturated heterocycles.